The molecule has 31 heavy (non-hydrogen) atoms. The smallest absolute Gasteiger partial charge is 0.240 e. The van der Waals surface area contributed by atoms with E-state index in [4.69, 9.17) is 0 Å². The van der Waals surface area contributed by atoms with E-state index in [2.05, 4.69) is 19.7 Å². The summed E-state index contributed by atoms with van der Waals surface area (Å²) >= 11 is 1.30. The van der Waals surface area contributed by atoms with Gasteiger partial charge in [0.2, 0.25) is 10.0 Å². The van der Waals surface area contributed by atoms with Crippen molar-refractivity contribution in [2.24, 2.45) is 0 Å². The van der Waals surface area contributed by atoms with Crippen LogP contribution in [-0.4, -0.2) is 41.5 Å². The summed E-state index contributed by atoms with van der Waals surface area (Å²) in [7, 11) is -3.56. The van der Waals surface area contributed by atoms with E-state index in [1.807, 2.05) is 38.1 Å². The van der Waals surface area contributed by atoms with Crippen LogP contribution >= 0.6 is 11.8 Å². The maximum Gasteiger partial charge on any atom is 0.240 e. The molecule has 7 nitrogen and oxygen atoms in total. The van der Waals surface area contributed by atoms with E-state index in [1.54, 1.807) is 18.2 Å². The minimum atomic E-state index is -3.56. The highest BCUT2D eigenvalue weighted by atomic mass is 32.2. The normalized spacial score (nSPS) is 12.1. The second-order valence-electron chi connectivity index (χ2n) is 7.35. The number of benzene rings is 2. The molecule has 3 N–H and O–H groups in total. The summed E-state index contributed by atoms with van der Waals surface area (Å²) in [5.41, 5.74) is 3.77. The largest absolute Gasteiger partial charge is 0.358 e. The zero-order chi connectivity index (χ0) is 22.0. The second kappa shape index (κ2) is 8.86. The monoisotopic (exact) mass is 456 g/mol. The van der Waals surface area contributed by atoms with Crippen molar-refractivity contribution in [1.29, 1.82) is 0 Å². The third-order valence-electron chi connectivity index (χ3n) is 5.08. The number of carbonyl (C=O) groups is 1. The Hall–Kier alpha value is -2.62. The van der Waals surface area contributed by atoms with Gasteiger partial charge >= 0.3 is 0 Å². The number of carbonyl (C=O) groups excluding carboxylic acids is 1. The average molecular weight is 457 g/mol. The Morgan fingerprint density at radius 1 is 1.13 bits per heavy atom. The number of aryl methyl sites for hydroxylation is 1. The molecule has 0 radical (unpaired) electrons. The lowest BCUT2D eigenvalue weighted by molar-refractivity contribution is 0.102. The van der Waals surface area contributed by atoms with Gasteiger partial charge in [0.05, 0.1) is 21.7 Å². The molecule has 0 saturated heterocycles. The number of para-hydroxylation sites is 1. The quantitative estimate of drug-likeness (QED) is 0.196. The maximum atomic E-state index is 12.9. The summed E-state index contributed by atoms with van der Waals surface area (Å²) < 4.78 is 27.5. The predicted octanol–water partition coefficient (Wildman–Crippen LogP) is 4.41. The molecule has 162 valence electrons. The molecule has 4 rings (SSSR count). The van der Waals surface area contributed by atoms with Crippen LogP contribution in [0.25, 0.3) is 21.9 Å². The van der Waals surface area contributed by atoms with Crippen LogP contribution in [0.2, 0.25) is 0 Å². The number of sulfonamides is 1. The van der Waals surface area contributed by atoms with Crippen molar-refractivity contribution in [2.45, 2.75) is 36.7 Å². The van der Waals surface area contributed by atoms with E-state index in [0.29, 0.717) is 28.3 Å². The Morgan fingerprint density at radius 2 is 1.94 bits per heavy atom. The van der Waals surface area contributed by atoms with Gasteiger partial charge in [0.1, 0.15) is 0 Å². The van der Waals surface area contributed by atoms with Gasteiger partial charge in [-0.05, 0) is 37.6 Å². The van der Waals surface area contributed by atoms with Gasteiger partial charge in [-0.3, -0.25) is 4.79 Å². The first kappa shape index (κ1) is 21.6. The number of nitrogens with zero attached hydrogens (tertiary/aromatic N) is 1. The SMILES string of the molecule is CCCCNS(=O)(=O)c1ccc2nc(SCC(=O)c3c(C)[nH]c4ccccc34)[nH]c2c1. The van der Waals surface area contributed by atoms with Crippen LogP contribution in [-0.2, 0) is 10.0 Å². The number of hydrogen-bond acceptors (Lipinski definition) is 5. The second-order valence-corrected chi connectivity index (χ2v) is 10.1. The highest BCUT2D eigenvalue weighted by Crippen LogP contribution is 2.26. The van der Waals surface area contributed by atoms with Gasteiger partial charge in [-0.1, -0.05) is 43.3 Å². The van der Waals surface area contributed by atoms with Crippen molar-refractivity contribution in [3.63, 3.8) is 0 Å². The van der Waals surface area contributed by atoms with Gasteiger partial charge in [-0.2, -0.15) is 0 Å². The molecule has 0 aliphatic heterocycles. The fraction of sp³-hybridized carbons (Fsp3) is 0.273. The number of nitrogens with one attached hydrogen (secondary N) is 3. The number of aromatic nitrogens is 3. The third-order valence-corrected chi connectivity index (χ3v) is 7.41. The van der Waals surface area contributed by atoms with Gasteiger partial charge in [0.15, 0.2) is 10.9 Å². The van der Waals surface area contributed by atoms with E-state index in [0.717, 1.165) is 29.4 Å². The first-order chi connectivity index (χ1) is 14.9. The van der Waals surface area contributed by atoms with Crippen molar-refractivity contribution in [2.75, 3.05) is 12.3 Å². The third kappa shape index (κ3) is 4.53. The predicted molar refractivity (Wildman–Crippen MR) is 124 cm³/mol. The summed E-state index contributed by atoms with van der Waals surface area (Å²) in [5, 5.41) is 1.50. The number of Topliss-reactive ketones (excluding diaryl/α,β-unsaturated/α-hetero) is 1. The van der Waals surface area contributed by atoms with Crippen LogP contribution in [0, 0.1) is 6.92 Å². The minimum absolute atomic E-state index is 0.0174. The Bertz CT molecular complexity index is 1360. The Labute approximate surface area is 185 Å². The molecule has 2 heterocycles. The molecule has 0 aliphatic rings. The number of imidazole rings is 1. The maximum absolute atomic E-state index is 12.9. The van der Waals surface area contributed by atoms with E-state index in [-0.39, 0.29) is 16.4 Å². The summed E-state index contributed by atoms with van der Waals surface area (Å²) in [5.74, 6) is 0.246. The van der Waals surface area contributed by atoms with Crippen LogP contribution in [0.3, 0.4) is 0 Å². The number of fused-ring (bicyclic) bond motifs is 2. The minimum Gasteiger partial charge on any atom is -0.358 e. The standard InChI is InChI=1S/C22H24N4O3S2/c1-3-4-11-23-31(28,29)15-9-10-18-19(12-15)26-22(25-18)30-13-20(27)21-14(2)24-17-8-6-5-7-16(17)21/h5-10,12,23-24H,3-4,11,13H2,1-2H3,(H,25,26). The van der Waals surface area contributed by atoms with Crippen LogP contribution in [0.4, 0.5) is 0 Å². The summed E-state index contributed by atoms with van der Waals surface area (Å²) in [4.78, 5) is 23.9. The summed E-state index contributed by atoms with van der Waals surface area (Å²) in [6.45, 7) is 4.32. The van der Waals surface area contributed by atoms with Crippen molar-refractivity contribution in [1.82, 2.24) is 19.7 Å². The van der Waals surface area contributed by atoms with Gasteiger partial charge < -0.3 is 9.97 Å². The fourth-order valence-corrected chi connectivity index (χ4v) is 5.37. The molecule has 4 aromatic rings. The molecule has 0 bridgehead atoms. The van der Waals surface area contributed by atoms with Crippen molar-refractivity contribution < 1.29 is 13.2 Å². The number of ketones is 1. The highest BCUT2D eigenvalue weighted by Gasteiger charge is 2.18. The molecule has 0 unspecified atom stereocenters. The first-order valence-corrected chi connectivity index (χ1v) is 12.6. The highest BCUT2D eigenvalue weighted by molar-refractivity contribution is 7.99. The molecule has 2 aromatic heterocycles. The lowest BCUT2D eigenvalue weighted by Crippen LogP contribution is -2.24. The molecule has 0 atom stereocenters. The zero-order valence-electron chi connectivity index (χ0n) is 17.4. The van der Waals surface area contributed by atoms with Crippen molar-refractivity contribution in [3.05, 3.63) is 53.7 Å². The number of aromatic amines is 2. The summed E-state index contributed by atoms with van der Waals surface area (Å²) in [6.07, 6.45) is 1.70. The molecule has 0 saturated carbocycles. The number of hydrogen-bond donors (Lipinski definition) is 3. The molecular formula is C22H24N4O3S2. The van der Waals surface area contributed by atoms with Crippen molar-refractivity contribution in [3.8, 4) is 0 Å². The van der Waals surface area contributed by atoms with E-state index in [9.17, 15) is 13.2 Å². The molecule has 2 aromatic carbocycles. The first-order valence-electron chi connectivity index (χ1n) is 10.1. The number of H-pyrrole nitrogens is 2. The van der Waals surface area contributed by atoms with Gasteiger partial charge in [-0.15, -0.1) is 0 Å². The van der Waals surface area contributed by atoms with E-state index >= 15 is 0 Å². The number of thioether (sulfide) groups is 1. The lowest BCUT2D eigenvalue weighted by atomic mass is 10.1. The van der Waals surface area contributed by atoms with Crippen LogP contribution in [0.15, 0.2) is 52.5 Å². The molecular weight excluding hydrogens is 432 g/mol. The Balaban J connectivity index is 1.50. The van der Waals surface area contributed by atoms with E-state index < -0.39 is 10.0 Å². The van der Waals surface area contributed by atoms with Crippen molar-refractivity contribution >= 4 is 49.5 Å². The zero-order valence-corrected chi connectivity index (χ0v) is 19.0. The molecule has 9 heteroatoms. The Kier molecular flexibility index (Phi) is 6.17. The van der Waals surface area contributed by atoms with Crippen LogP contribution < -0.4 is 4.72 Å². The topological polar surface area (TPSA) is 108 Å². The van der Waals surface area contributed by atoms with Crippen LogP contribution in [0.5, 0.6) is 0 Å². The number of unbranched alkanes of at least 4 members (excludes halogenated alkanes) is 1. The van der Waals surface area contributed by atoms with Gasteiger partial charge in [0.25, 0.3) is 0 Å². The van der Waals surface area contributed by atoms with Crippen LogP contribution in [0.1, 0.15) is 35.8 Å². The molecule has 0 spiro atoms. The van der Waals surface area contributed by atoms with Gasteiger partial charge in [0, 0.05) is 28.7 Å². The van der Waals surface area contributed by atoms with E-state index in [1.165, 1.54) is 11.8 Å². The number of rotatable bonds is 9. The molecule has 0 aliphatic carbocycles. The Morgan fingerprint density at radius 3 is 2.74 bits per heavy atom. The molecule has 0 amide bonds. The average Bonchev–Trinajstić information content (AvgIpc) is 3.31. The molecule has 0 fully saturated rings. The van der Waals surface area contributed by atoms with Gasteiger partial charge in [-0.25, -0.2) is 18.1 Å². The fourth-order valence-electron chi connectivity index (χ4n) is 3.51. The lowest BCUT2D eigenvalue weighted by Gasteiger charge is -2.05. The summed E-state index contributed by atoms with van der Waals surface area (Å²) in [6, 6.07) is 12.5.